The molecular formula is C18H25N5OS. The van der Waals surface area contributed by atoms with E-state index in [9.17, 15) is 4.79 Å². The van der Waals surface area contributed by atoms with Crippen molar-refractivity contribution < 1.29 is 4.79 Å². The maximum Gasteiger partial charge on any atom is 0.272 e. The molecule has 4 heterocycles. The molecule has 6 nitrogen and oxygen atoms in total. The molecule has 2 aromatic heterocycles. The second-order valence-electron chi connectivity index (χ2n) is 7.14. The predicted octanol–water partition coefficient (Wildman–Crippen LogP) is 1.85. The minimum Gasteiger partial charge on any atom is -0.347 e. The Balaban J connectivity index is 1.38. The Hall–Kier alpha value is -1.70. The van der Waals surface area contributed by atoms with Gasteiger partial charge in [0.1, 0.15) is 0 Å². The number of aromatic amines is 1. The van der Waals surface area contributed by atoms with Crippen molar-refractivity contribution in [2.45, 2.75) is 38.4 Å². The lowest BCUT2D eigenvalue weighted by molar-refractivity contribution is 0.0894. The Bertz CT molecular complexity index is 726. The SMILES string of the molecule is CN1CCc2[nH]nc(C(=O)NC3CCCN(Cc4cccs4)C3)c2C1. The summed E-state index contributed by atoms with van der Waals surface area (Å²) < 4.78 is 0. The summed E-state index contributed by atoms with van der Waals surface area (Å²) >= 11 is 1.80. The number of thiophene rings is 1. The largest absolute Gasteiger partial charge is 0.347 e. The van der Waals surface area contributed by atoms with E-state index in [1.54, 1.807) is 11.3 Å². The van der Waals surface area contributed by atoms with Crippen molar-refractivity contribution in [3.8, 4) is 0 Å². The Kier molecular flexibility index (Phi) is 4.87. The van der Waals surface area contributed by atoms with E-state index in [2.05, 4.69) is 49.9 Å². The zero-order valence-corrected chi connectivity index (χ0v) is 15.4. The van der Waals surface area contributed by atoms with Gasteiger partial charge in [0.15, 0.2) is 5.69 Å². The van der Waals surface area contributed by atoms with Crippen molar-refractivity contribution in [2.24, 2.45) is 0 Å². The molecule has 2 aromatic rings. The van der Waals surface area contributed by atoms with Crippen LogP contribution in [0.15, 0.2) is 17.5 Å². The van der Waals surface area contributed by atoms with Crippen molar-refractivity contribution in [1.82, 2.24) is 25.3 Å². The second-order valence-corrected chi connectivity index (χ2v) is 8.18. The second kappa shape index (κ2) is 7.27. The summed E-state index contributed by atoms with van der Waals surface area (Å²) in [5.74, 6) is -0.0317. The third-order valence-electron chi connectivity index (χ3n) is 5.14. The molecule has 0 radical (unpaired) electrons. The molecule has 25 heavy (non-hydrogen) atoms. The van der Waals surface area contributed by atoms with E-state index in [0.29, 0.717) is 5.69 Å². The van der Waals surface area contributed by atoms with Gasteiger partial charge in [0.2, 0.25) is 0 Å². The molecule has 0 aliphatic carbocycles. The van der Waals surface area contributed by atoms with E-state index in [-0.39, 0.29) is 11.9 Å². The fourth-order valence-corrected chi connectivity index (χ4v) is 4.56. The molecule has 1 fully saturated rings. The fraction of sp³-hybridized carbons (Fsp3) is 0.556. The summed E-state index contributed by atoms with van der Waals surface area (Å²) in [5.41, 5.74) is 2.76. The van der Waals surface area contributed by atoms with Gasteiger partial charge in [-0.2, -0.15) is 5.10 Å². The number of nitrogens with zero attached hydrogens (tertiary/aromatic N) is 3. The highest BCUT2D eigenvalue weighted by Crippen LogP contribution is 2.20. The first-order chi connectivity index (χ1) is 12.2. The van der Waals surface area contributed by atoms with Crippen LogP contribution in [0, 0.1) is 0 Å². The van der Waals surface area contributed by atoms with Gasteiger partial charge in [-0.15, -0.1) is 11.3 Å². The average molecular weight is 359 g/mol. The molecule has 0 aromatic carbocycles. The summed E-state index contributed by atoms with van der Waals surface area (Å²) in [7, 11) is 2.08. The molecule has 0 saturated carbocycles. The normalized spacial score (nSPS) is 21.9. The van der Waals surface area contributed by atoms with Crippen molar-refractivity contribution in [2.75, 3.05) is 26.7 Å². The zero-order valence-electron chi connectivity index (χ0n) is 14.6. The maximum absolute atomic E-state index is 12.7. The van der Waals surface area contributed by atoms with Gasteiger partial charge in [-0.1, -0.05) is 6.07 Å². The number of carbonyl (C=O) groups is 1. The highest BCUT2D eigenvalue weighted by molar-refractivity contribution is 7.09. The monoisotopic (exact) mass is 359 g/mol. The van der Waals surface area contributed by atoms with E-state index in [1.807, 2.05) is 0 Å². The molecule has 2 aliphatic rings. The first kappa shape index (κ1) is 16.8. The van der Waals surface area contributed by atoms with Crippen LogP contribution in [0.1, 0.15) is 39.5 Å². The average Bonchev–Trinajstić information content (AvgIpc) is 3.24. The molecule has 4 rings (SSSR count). The number of likely N-dealkylation sites (tertiary alicyclic amines) is 1. The van der Waals surface area contributed by atoms with Crippen LogP contribution in [0.3, 0.4) is 0 Å². The van der Waals surface area contributed by atoms with E-state index in [4.69, 9.17) is 0 Å². The quantitative estimate of drug-likeness (QED) is 0.875. The smallest absolute Gasteiger partial charge is 0.272 e. The molecule has 0 bridgehead atoms. The summed E-state index contributed by atoms with van der Waals surface area (Å²) in [5, 5.41) is 12.7. The van der Waals surface area contributed by atoms with Crippen molar-refractivity contribution >= 4 is 17.2 Å². The first-order valence-corrected chi connectivity index (χ1v) is 9.87. The maximum atomic E-state index is 12.7. The Morgan fingerprint density at radius 3 is 3.24 bits per heavy atom. The molecular weight excluding hydrogens is 334 g/mol. The van der Waals surface area contributed by atoms with Crippen molar-refractivity contribution in [3.63, 3.8) is 0 Å². The molecule has 1 saturated heterocycles. The lowest BCUT2D eigenvalue weighted by Gasteiger charge is -2.32. The number of hydrogen-bond acceptors (Lipinski definition) is 5. The minimum atomic E-state index is -0.0317. The van der Waals surface area contributed by atoms with Crippen molar-refractivity contribution in [3.05, 3.63) is 39.3 Å². The molecule has 0 spiro atoms. The summed E-state index contributed by atoms with van der Waals surface area (Å²) in [6.07, 6.45) is 3.10. The number of fused-ring (bicyclic) bond motifs is 1. The van der Waals surface area contributed by atoms with Gasteiger partial charge < -0.3 is 10.2 Å². The number of aromatic nitrogens is 2. The van der Waals surface area contributed by atoms with Crippen LogP contribution in [0.2, 0.25) is 0 Å². The Labute approximate surface area is 152 Å². The highest BCUT2D eigenvalue weighted by atomic mass is 32.1. The van der Waals surface area contributed by atoms with Gasteiger partial charge in [-0.25, -0.2) is 0 Å². The van der Waals surface area contributed by atoms with Crippen LogP contribution >= 0.6 is 11.3 Å². The van der Waals surface area contributed by atoms with E-state index < -0.39 is 0 Å². The van der Waals surface area contributed by atoms with Gasteiger partial charge in [-0.3, -0.25) is 14.8 Å². The number of carbonyl (C=O) groups excluding carboxylic acids is 1. The molecule has 2 N–H and O–H groups in total. The number of rotatable bonds is 4. The van der Waals surface area contributed by atoms with Gasteiger partial charge in [0.05, 0.1) is 0 Å². The van der Waals surface area contributed by atoms with Crippen LogP contribution in [0.25, 0.3) is 0 Å². The van der Waals surface area contributed by atoms with E-state index in [0.717, 1.165) is 63.2 Å². The molecule has 1 unspecified atom stereocenters. The predicted molar refractivity (Wildman–Crippen MR) is 98.7 cm³/mol. The van der Waals surface area contributed by atoms with Crippen LogP contribution in [-0.2, 0) is 19.5 Å². The standard InChI is InChI=1S/C18H25N5OS/c1-22-8-6-16-15(12-22)17(21-20-16)18(24)19-13-4-2-7-23(10-13)11-14-5-3-9-25-14/h3,5,9,13H,2,4,6-8,10-12H2,1H3,(H,19,24)(H,20,21). The van der Waals surface area contributed by atoms with E-state index >= 15 is 0 Å². The third kappa shape index (κ3) is 3.78. The molecule has 134 valence electrons. The zero-order chi connectivity index (χ0) is 17.2. The van der Waals surface area contributed by atoms with Crippen LogP contribution in [0.5, 0.6) is 0 Å². The van der Waals surface area contributed by atoms with Crippen LogP contribution in [-0.4, -0.2) is 58.6 Å². The van der Waals surface area contributed by atoms with Gasteiger partial charge in [0, 0.05) is 54.8 Å². The lowest BCUT2D eigenvalue weighted by Crippen LogP contribution is -2.47. The fourth-order valence-electron chi connectivity index (χ4n) is 3.81. The number of nitrogens with one attached hydrogen (secondary N) is 2. The highest BCUT2D eigenvalue weighted by Gasteiger charge is 2.27. The number of likely N-dealkylation sites (N-methyl/N-ethyl adjacent to an activating group) is 1. The molecule has 1 amide bonds. The van der Waals surface area contributed by atoms with Gasteiger partial charge in [0.25, 0.3) is 5.91 Å². The van der Waals surface area contributed by atoms with Crippen LogP contribution in [0.4, 0.5) is 0 Å². The minimum absolute atomic E-state index is 0.0317. The van der Waals surface area contributed by atoms with Crippen LogP contribution < -0.4 is 5.32 Å². The summed E-state index contributed by atoms with van der Waals surface area (Å²) in [4.78, 5) is 18.8. The molecule has 1 atom stereocenters. The number of H-pyrrole nitrogens is 1. The first-order valence-electron chi connectivity index (χ1n) is 8.99. The number of amides is 1. The lowest BCUT2D eigenvalue weighted by atomic mass is 10.0. The third-order valence-corrected chi connectivity index (χ3v) is 6.00. The van der Waals surface area contributed by atoms with Gasteiger partial charge in [-0.05, 0) is 37.9 Å². The van der Waals surface area contributed by atoms with Gasteiger partial charge >= 0.3 is 0 Å². The summed E-state index contributed by atoms with van der Waals surface area (Å²) in [6.45, 7) is 4.80. The topological polar surface area (TPSA) is 64.3 Å². The number of hydrogen-bond donors (Lipinski definition) is 2. The molecule has 7 heteroatoms. The number of piperidine rings is 1. The summed E-state index contributed by atoms with van der Waals surface area (Å²) in [6, 6.07) is 4.48. The Morgan fingerprint density at radius 1 is 1.48 bits per heavy atom. The van der Waals surface area contributed by atoms with Crippen molar-refractivity contribution in [1.29, 1.82) is 0 Å². The molecule has 2 aliphatic heterocycles. The van der Waals surface area contributed by atoms with E-state index in [1.165, 1.54) is 4.88 Å². The Morgan fingerprint density at radius 2 is 2.40 bits per heavy atom.